The molecule has 1 fully saturated rings. The van der Waals surface area contributed by atoms with E-state index in [0.717, 1.165) is 85.0 Å². The van der Waals surface area contributed by atoms with Crippen molar-refractivity contribution in [1.29, 1.82) is 0 Å². The quantitative estimate of drug-likeness (QED) is 0.0342. The van der Waals surface area contributed by atoms with E-state index < -0.39 is 0 Å². The highest BCUT2D eigenvalue weighted by atomic mass is 16.5. The Morgan fingerprint density at radius 3 is 1.90 bits per heavy atom. The van der Waals surface area contributed by atoms with Crippen LogP contribution in [0.5, 0.6) is 5.75 Å². The van der Waals surface area contributed by atoms with Crippen molar-refractivity contribution < 1.29 is 4.74 Å². The van der Waals surface area contributed by atoms with Gasteiger partial charge in [0.1, 0.15) is 5.75 Å². The van der Waals surface area contributed by atoms with Crippen LogP contribution in [0, 0.1) is 5.92 Å². The molecule has 0 aliphatic carbocycles. The van der Waals surface area contributed by atoms with Gasteiger partial charge in [-0.25, -0.2) is 0 Å². The number of fused-ring (bicyclic) bond motifs is 1. The molecular weight excluding hydrogens is 713 g/mol. The van der Waals surface area contributed by atoms with Crippen LogP contribution >= 0.6 is 0 Å². The molecule has 59 heavy (non-hydrogen) atoms. The molecule has 0 amide bonds. The first-order chi connectivity index (χ1) is 28.7. The third-order valence-corrected chi connectivity index (χ3v) is 12.0. The normalized spacial score (nSPS) is 13.8. The lowest BCUT2D eigenvalue weighted by Crippen LogP contribution is -2.15. The zero-order chi connectivity index (χ0) is 41.1. The number of hydrogen-bond donors (Lipinski definition) is 1. The van der Waals surface area contributed by atoms with Crippen LogP contribution in [0.4, 0.5) is 0 Å². The molecule has 2 unspecified atom stereocenters. The van der Waals surface area contributed by atoms with E-state index in [9.17, 15) is 0 Å². The third-order valence-electron chi connectivity index (χ3n) is 12.0. The first-order valence-electron chi connectivity index (χ1n) is 21.7. The smallest absolute Gasteiger partial charge is 0.192 e. The fourth-order valence-corrected chi connectivity index (χ4v) is 7.92. The Labute approximate surface area is 354 Å². The molecule has 0 radical (unpaired) electrons. The van der Waals surface area contributed by atoms with Crippen LogP contribution in [-0.2, 0) is 12.8 Å². The second kappa shape index (κ2) is 19.9. The fourth-order valence-electron chi connectivity index (χ4n) is 7.92. The maximum absolute atomic E-state index is 6.02. The molecule has 298 valence electrons. The molecule has 1 saturated heterocycles. The minimum absolute atomic E-state index is 0.753. The van der Waals surface area contributed by atoms with E-state index >= 15 is 0 Å². The summed E-state index contributed by atoms with van der Waals surface area (Å²) in [5, 5.41) is 5.88. The maximum Gasteiger partial charge on any atom is 0.192 e. The minimum Gasteiger partial charge on any atom is -0.462 e. The summed E-state index contributed by atoms with van der Waals surface area (Å²) in [5.41, 5.74) is 14.5. The Bertz CT molecular complexity index is 2380. The lowest BCUT2D eigenvalue weighted by molar-refractivity contribution is 0.388. The molecular formula is C56H60BNO. The van der Waals surface area contributed by atoms with E-state index in [2.05, 4.69) is 167 Å². The number of ether oxygens (including phenoxy) is 1. The van der Waals surface area contributed by atoms with Crippen LogP contribution in [0.25, 0.3) is 44.1 Å². The minimum atomic E-state index is 0.753. The average molecular weight is 774 g/mol. The van der Waals surface area contributed by atoms with Crippen molar-refractivity contribution in [2.24, 2.45) is 5.92 Å². The van der Waals surface area contributed by atoms with Crippen LogP contribution in [0.15, 0.2) is 171 Å². The summed E-state index contributed by atoms with van der Waals surface area (Å²) in [6.07, 6.45) is 9.82. The Balaban J connectivity index is 0.904. The largest absolute Gasteiger partial charge is 0.462 e. The van der Waals surface area contributed by atoms with E-state index in [1.54, 1.807) is 0 Å². The van der Waals surface area contributed by atoms with Gasteiger partial charge in [0.15, 0.2) is 7.28 Å². The summed E-state index contributed by atoms with van der Waals surface area (Å²) in [7, 11) is 0.794. The van der Waals surface area contributed by atoms with Gasteiger partial charge in [0, 0.05) is 19.0 Å². The second-order valence-electron chi connectivity index (χ2n) is 16.9. The van der Waals surface area contributed by atoms with Gasteiger partial charge >= 0.3 is 0 Å². The van der Waals surface area contributed by atoms with Crippen molar-refractivity contribution in [3.05, 3.63) is 193 Å². The number of hydrogen-bond acceptors (Lipinski definition) is 2. The SMILES string of the molecule is C=C(CCCC1CN1)Cc1ccc(-c2ccc(C(=C)Cc3ccc4ccc(BC(=C)c5ccc(-c6ccc(OC(=C)CCCC(C)CC)cc6)cc5)cc4c3)cc2)cc1. The van der Waals surface area contributed by atoms with Gasteiger partial charge in [-0.2, -0.15) is 0 Å². The molecule has 6 aromatic carbocycles. The number of rotatable bonds is 21. The van der Waals surface area contributed by atoms with Crippen LogP contribution in [0.1, 0.15) is 81.0 Å². The van der Waals surface area contributed by atoms with Gasteiger partial charge in [-0.05, 0) is 117 Å². The van der Waals surface area contributed by atoms with Gasteiger partial charge in [0.2, 0.25) is 0 Å². The summed E-state index contributed by atoms with van der Waals surface area (Å²) in [5.74, 6) is 2.43. The van der Waals surface area contributed by atoms with E-state index in [4.69, 9.17) is 4.74 Å². The molecule has 1 heterocycles. The monoisotopic (exact) mass is 773 g/mol. The first-order valence-corrected chi connectivity index (χ1v) is 21.7. The fraction of sp³-hybridized carbons (Fsp3) is 0.250. The molecule has 0 bridgehead atoms. The van der Waals surface area contributed by atoms with Gasteiger partial charge in [0.05, 0.1) is 5.76 Å². The van der Waals surface area contributed by atoms with Gasteiger partial charge < -0.3 is 10.1 Å². The zero-order valence-electron chi connectivity index (χ0n) is 35.4. The number of benzene rings is 6. The Morgan fingerprint density at radius 1 is 0.661 bits per heavy atom. The highest BCUT2D eigenvalue weighted by Crippen LogP contribution is 2.28. The molecule has 2 nitrogen and oxygen atoms in total. The molecule has 1 N–H and O–H groups in total. The summed E-state index contributed by atoms with van der Waals surface area (Å²) < 4.78 is 6.02. The predicted molar refractivity (Wildman–Crippen MR) is 258 cm³/mol. The van der Waals surface area contributed by atoms with Crippen molar-refractivity contribution in [2.75, 3.05) is 6.54 Å². The second-order valence-corrected chi connectivity index (χ2v) is 16.9. The molecule has 1 aliphatic rings. The van der Waals surface area contributed by atoms with Gasteiger partial charge in [-0.15, -0.1) is 6.58 Å². The van der Waals surface area contributed by atoms with Gasteiger partial charge in [-0.3, -0.25) is 0 Å². The van der Waals surface area contributed by atoms with Crippen molar-refractivity contribution >= 4 is 34.6 Å². The highest BCUT2D eigenvalue weighted by molar-refractivity contribution is 6.73. The lowest BCUT2D eigenvalue weighted by atomic mass is 9.61. The topological polar surface area (TPSA) is 31.2 Å². The van der Waals surface area contributed by atoms with Crippen molar-refractivity contribution in [1.82, 2.24) is 5.32 Å². The maximum atomic E-state index is 6.02. The summed E-state index contributed by atoms with van der Waals surface area (Å²) in [6, 6.07) is 49.2. The molecule has 2 atom stereocenters. The zero-order valence-corrected chi connectivity index (χ0v) is 35.4. The van der Waals surface area contributed by atoms with E-state index in [0.29, 0.717) is 0 Å². The average Bonchev–Trinajstić information content (AvgIpc) is 4.09. The van der Waals surface area contributed by atoms with Crippen LogP contribution in [0.2, 0.25) is 0 Å². The van der Waals surface area contributed by atoms with Crippen LogP contribution in [-0.4, -0.2) is 19.9 Å². The Hall–Kier alpha value is -5.64. The molecule has 3 heteroatoms. The molecule has 0 aromatic heterocycles. The van der Waals surface area contributed by atoms with E-state index in [1.807, 2.05) is 12.1 Å². The molecule has 6 aromatic rings. The number of nitrogens with one attached hydrogen (secondary N) is 1. The van der Waals surface area contributed by atoms with Crippen molar-refractivity contribution in [3.8, 4) is 28.0 Å². The molecule has 1 aliphatic heterocycles. The van der Waals surface area contributed by atoms with Crippen molar-refractivity contribution in [2.45, 2.75) is 77.7 Å². The van der Waals surface area contributed by atoms with Crippen LogP contribution in [0.3, 0.4) is 0 Å². The lowest BCUT2D eigenvalue weighted by Gasteiger charge is -2.12. The molecule has 7 rings (SSSR count). The number of allylic oxidation sites excluding steroid dienone is 3. The van der Waals surface area contributed by atoms with Gasteiger partial charge in [0.25, 0.3) is 0 Å². The summed E-state index contributed by atoms with van der Waals surface area (Å²) in [6.45, 7) is 23.2. The first kappa shape index (κ1) is 41.5. The Morgan fingerprint density at radius 2 is 1.25 bits per heavy atom. The summed E-state index contributed by atoms with van der Waals surface area (Å²) >= 11 is 0. The van der Waals surface area contributed by atoms with E-state index in [1.165, 1.54) is 87.4 Å². The van der Waals surface area contributed by atoms with Crippen molar-refractivity contribution in [3.63, 3.8) is 0 Å². The van der Waals surface area contributed by atoms with Gasteiger partial charge in [-0.1, -0.05) is 184 Å². The predicted octanol–water partition coefficient (Wildman–Crippen LogP) is 13.5. The highest BCUT2D eigenvalue weighted by Gasteiger charge is 2.18. The molecule has 0 saturated carbocycles. The van der Waals surface area contributed by atoms with E-state index in [-0.39, 0.29) is 0 Å². The summed E-state index contributed by atoms with van der Waals surface area (Å²) in [4.78, 5) is 0. The Kier molecular flexibility index (Phi) is 14.0. The third kappa shape index (κ3) is 12.0. The molecule has 0 spiro atoms. The standard InChI is InChI=1S/C56H60BNO/c1-7-39(2)10-8-12-42(5)59-56-32-29-51(30-33-56)50-26-22-47(23-27-50)43(6)57-54-31-28-52-19-16-45(36-53(52)37-54)35-41(4)46-20-24-49(25-21-46)48-17-14-44(15-18-48)34-40(3)11-9-13-55-38-58-55/h14-33,36-37,39,55,57-58H,3-13,34-35,38H2,1-2H3. The van der Waals surface area contributed by atoms with Crippen LogP contribution < -0.4 is 15.5 Å².